The molecule has 0 spiro atoms. The van der Waals surface area contributed by atoms with Crippen LogP contribution in [0.1, 0.15) is 16.7 Å². The molecule has 0 saturated carbocycles. The van der Waals surface area contributed by atoms with Gasteiger partial charge in [-0.3, -0.25) is 9.67 Å². The van der Waals surface area contributed by atoms with Crippen molar-refractivity contribution in [2.45, 2.75) is 19.5 Å². The van der Waals surface area contributed by atoms with Gasteiger partial charge in [-0.2, -0.15) is 5.10 Å². The number of nitrogens with one attached hydrogen (secondary N) is 2. The van der Waals surface area contributed by atoms with Gasteiger partial charge in [0.15, 0.2) is 5.96 Å². The fraction of sp³-hybridized carbons (Fsp3) is 0.238. The third kappa shape index (κ3) is 5.48. The topological polar surface area (TPSA) is 54.2 Å². The molecule has 0 aliphatic heterocycles. The Morgan fingerprint density at radius 2 is 1.62 bits per heavy atom. The Morgan fingerprint density at radius 1 is 0.923 bits per heavy atom. The van der Waals surface area contributed by atoms with Crippen molar-refractivity contribution < 1.29 is 0 Å². The molecule has 1 heterocycles. The maximum Gasteiger partial charge on any atom is 0.191 e. The average molecular weight is 347 g/mol. The predicted octanol–water partition coefficient (Wildman–Crippen LogP) is 2.84. The Balaban J connectivity index is 1.44. The van der Waals surface area contributed by atoms with Gasteiger partial charge in [-0.1, -0.05) is 60.7 Å². The van der Waals surface area contributed by atoms with Gasteiger partial charge in [0, 0.05) is 31.9 Å². The van der Waals surface area contributed by atoms with Crippen molar-refractivity contribution in [1.82, 2.24) is 20.4 Å². The first kappa shape index (κ1) is 17.7. The molecular formula is C21H25N5. The molecule has 5 nitrogen and oxygen atoms in total. The molecule has 0 radical (unpaired) electrons. The summed E-state index contributed by atoms with van der Waals surface area (Å²) in [6.07, 6.45) is 4.93. The molecule has 3 rings (SSSR count). The Hall–Kier alpha value is -3.08. The van der Waals surface area contributed by atoms with Crippen LogP contribution in [-0.2, 0) is 19.5 Å². The van der Waals surface area contributed by atoms with Crippen molar-refractivity contribution in [1.29, 1.82) is 0 Å². The Morgan fingerprint density at radius 3 is 2.31 bits per heavy atom. The molecule has 0 aliphatic rings. The van der Waals surface area contributed by atoms with Gasteiger partial charge in [0.25, 0.3) is 0 Å². The summed E-state index contributed by atoms with van der Waals surface area (Å²) < 4.78 is 1.96. The standard InChI is InChI=1S/C21H25N5/c1-22-21(23-13-12-18-8-4-2-5-9-18)24-14-20-15-25-26(17-20)16-19-10-6-3-7-11-19/h2-11,15,17H,12-14,16H2,1H3,(H2,22,23,24). The van der Waals surface area contributed by atoms with E-state index < -0.39 is 0 Å². The number of benzene rings is 2. The summed E-state index contributed by atoms with van der Waals surface area (Å²) in [5.41, 5.74) is 3.69. The fourth-order valence-electron chi connectivity index (χ4n) is 2.73. The molecule has 0 amide bonds. The molecule has 1 aromatic heterocycles. The molecule has 0 aliphatic carbocycles. The molecule has 26 heavy (non-hydrogen) atoms. The van der Waals surface area contributed by atoms with Crippen LogP contribution >= 0.6 is 0 Å². The van der Waals surface area contributed by atoms with Crippen molar-refractivity contribution in [3.05, 3.63) is 89.7 Å². The Bertz CT molecular complexity index is 809. The van der Waals surface area contributed by atoms with Crippen molar-refractivity contribution in [3.8, 4) is 0 Å². The molecule has 0 bridgehead atoms. The van der Waals surface area contributed by atoms with E-state index in [-0.39, 0.29) is 0 Å². The van der Waals surface area contributed by atoms with Crippen LogP contribution in [0.3, 0.4) is 0 Å². The quantitative estimate of drug-likeness (QED) is 0.510. The predicted molar refractivity (Wildman–Crippen MR) is 106 cm³/mol. The Labute approximate surface area is 154 Å². The van der Waals surface area contributed by atoms with Gasteiger partial charge in [0.1, 0.15) is 0 Å². The highest BCUT2D eigenvalue weighted by Gasteiger charge is 2.02. The summed E-state index contributed by atoms with van der Waals surface area (Å²) in [6, 6.07) is 20.8. The number of hydrogen-bond donors (Lipinski definition) is 2. The van der Waals surface area contributed by atoms with Gasteiger partial charge in [0.05, 0.1) is 12.7 Å². The number of aliphatic imine (C=N–C) groups is 1. The number of rotatable bonds is 7. The van der Waals surface area contributed by atoms with E-state index in [4.69, 9.17) is 0 Å². The minimum absolute atomic E-state index is 0.694. The highest BCUT2D eigenvalue weighted by molar-refractivity contribution is 5.79. The highest BCUT2D eigenvalue weighted by Crippen LogP contribution is 2.04. The average Bonchev–Trinajstić information content (AvgIpc) is 3.13. The summed E-state index contributed by atoms with van der Waals surface area (Å²) in [7, 11) is 1.79. The van der Waals surface area contributed by atoms with E-state index in [0.717, 1.165) is 31.0 Å². The van der Waals surface area contributed by atoms with Crippen molar-refractivity contribution in [2.75, 3.05) is 13.6 Å². The van der Waals surface area contributed by atoms with Crippen molar-refractivity contribution in [3.63, 3.8) is 0 Å². The number of guanidine groups is 1. The monoisotopic (exact) mass is 347 g/mol. The van der Waals surface area contributed by atoms with E-state index in [1.807, 2.05) is 35.1 Å². The second kappa shape index (κ2) is 9.42. The van der Waals surface area contributed by atoms with Gasteiger partial charge in [0.2, 0.25) is 0 Å². The lowest BCUT2D eigenvalue weighted by molar-refractivity contribution is 0.685. The molecule has 2 N–H and O–H groups in total. The van der Waals surface area contributed by atoms with Gasteiger partial charge >= 0.3 is 0 Å². The first-order valence-corrected chi connectivity index (χ1v) is 8.87. The molecule has 2 aromatic carbocycles. The van der Waals surface area contributed by atoms with Gasteiger partial charge in [-0.15, -0.1) is 0 Å². The maximum absolute atomic E-state index is 4.43. The van der Waals surface area contributed by atoms with Gasteiger partial charge in [-0.25, -0.2) is 0 Å². The van der Waals surface area contributed by atoms with E-state index in [1.54, 1.807) is 7.05 Å². The number of aromatic nitrogens is 2. The minimum Gasteiger partial charge on any atom is -0.356 e. The van der Waals surface area contributed by atoms with E-state index in [0.29, 0.717) is 6.54 Å². The third-order valence-electron chi connectivity index (χ3n) is 4.11. The zero-order chi connectivity index (χ0) is 18.0. The number of nitrogens with zero attached hydrogens (tertiary/aromatic N) is 3. The van der Waals surface area contributed by atoms with Crippen LogP contribution in [-0.4, -0.2) is 29.3 Å². The van der Waals surface area contributed by atoms with Crippen LogP contribution < -0.4 is 10.6 Å². The van der Waals surface area contributed by atoms with Crippen LogP contribution in [0.2, 0.25) is 0 Å². The van der Waals surface area contributed by atoms with E-state index in [2.05, 4.69) is 63.3 Å². The summed E-state index contributed by atoms with van der Waals surface area (Å²) in [5, 5.41) is 11.1. The van der Waals surface area contributed by atoms with Crippen LogP contribution in [0, 0.1) is 0 Å². The van der Waals surface area contributed by atoms with Crippen molar-refractivity contribution >= 4 is 5.96 Å². The van der Waals surface area contributed by atoms with Crippen LogP contribution in [0.4, 0.5) is 0 Å². The van der Waals surface area contributed by atoms with Crippen molar-refractivity contribution in [2.24, 2.45) is 4.99 Å². The lowest BCUT2D eigenvalue weighted by Crippen LogP contribution is -2.37. The summed E-state index contributed by atoms with van der Waals surface area (Å²) in [4.78, 5) is 4.28. The summed E-state index contributed by atoms with van der Waals surface area (Å²) in [6.45, 7) is 2.32. The zero-order valence-electron chi connectivity index (χ0n) is 15.1. The maximum atomic E-state index is 4.43. The molecule has 3 aromatic rings. The molecular weight excluding hydrogens is 322 g/mol. The van der Waals surface area contributed by atoms with E-state index >= 15 is 0 Å². The second-order valence-corrected chi connectivity index (χ2v) is 6.12. The van der Waals surface area contributed by atoms with Crippen LogP contribution in [0.15, 0.2) is 78.0 Å². The van der Waals surface area contributed by atoms with Gasteiger partial charge in [-0.05, 0) is 17.5 Å². The molecule has 0 saturated heterocycles. The summed E-state index contributed by atoms with van der Waals surface area (Å²) in [5.74, 6) is 0.803. The first-order valence-electron chi connectivity index (χ1n) is 8.87. The smallest absolute Gasteiger partial charge is 0.191 e. The van der Waals surface area contributed by atoms with Gasteiger partial charge < -0.3 is 10.6 Å². The lowest BCUT2D eigenvalue weighted by Gasteiger charge is -2.11. The Kier molecular flexibility index (Phi) is 6.42. The number of hydrogen-bond acceptors (Lipinski definition) is 2. The highest BCUT2D eigenvalue weighted by atomic mass is 15.3. The molecule has 0 fully saturated rings. The second-order valence-electron chi connectivity index (χ2n) is 6.12. The first-order chi connectivity index (χ1) is 12.8. The lowest BCUT2D eigenvalue weighted by atomic mass is 10.1. The molecule has 0 unspecified atom stereocenters. The normalized spacial score (nSPS) is 11.3. The fourth-order valence-corrected chi connectivity index (χ4v) is 2.73. The molecule has 0 atom stereocenters. The SMILES string of the molecule is CN=C(NCCc1ccccc1)NCc1cnn(Cc2ccccc2)c1. The minimum atomic E-state index is 0.694. The summed E-state index contributed by atoms with van der Waals surface area (Å²) >= 11 is 0. The largest absolute Gasteiger partial charge is 0.356 e. The van der Waals surface area contributed by atoms with Crippen LogP contribution in [0.5, 0.6) is 0 Å². The zero-order valence-corrected chi connectivity index (χ0v) is 15.1. The molecule has 5 heteroatoms. The van der Waals surface area contributed by atoms with E-state index in [1.165, 1.54) is 11.1 Å². The molecule has 134 valence electrons. The third-order valence-corrected chi connectivity index (χ3v) is 4.11. The van der Waals surface area contributed by atoms with E-state index in [9.17, 15) is 0 Å². The van der Waals surface area contributed by atoms with Crippen LogP contribution in [0.25, 0.3) is 0 Å².